The summed E-state index contributed by atoms with van der Waals surface area (Å²) < 4.78 is 11.4. The Hall–Kier alpha value is -4.35. The van der Waals surface area contributed by atoms with E-state index in [0.29, 0.717) is 29.4 Å². The number of carbonyl (C=O) groups is 2. The first kappa shape index (κ1) is 35.1. The minimum atomic E-state index is -1.68. The lowest BCUT2D eigenvalue weighted by atomic mass is 9.99. The second kappa shape index (κ2) is 12.7. The van der Waals surface area contributed by atoms with Gasteiger partial charge in [0.05, 0.1) is 23.1 Å². The Morgan fingerprint density at radius 2 is 1.43 bits per heavy atom. The molecule has 7 rings (SSSR count). The molecule has 5 aromatic rings. The molecule has 3 aromatic carbocycles. The van der Waals surface area contributed by atoms with Crippen molar-refractivity contribution in [2.24, 2.45) is 0 Å². The van der Waals surface area contributed by atoms with Crippen molar-refractivity contribution in [3.63, 3.8) is 0 Å². The molecule has 2 atom stereocenters. The average Bonchev–Trinajstić information content (AvgIpc) is 3.83. The van der Waals surface area contributed by atoms with Crippen LogP contribution in [0.5, 0.6) is 0 Å². The quantitative estimate of drug-likeness (QED) is 0.178. The second-order valence-corrected chi connectivity index (χ2v) is 22.1. The summed E-state index contributed by atoms with van der Waals surface area (Å²) in [6, 6.07) is 19.3. The number of nitrogens with one attached hydrogen (secondary N) is 2. The van der Waals surface area contributed by atoms with Gasteiger partial charge < -0.3 is 24.3 Å². The molecule has 0 radical (unpaired) electrons. The average molecular weight is 727 g/mol. The lowest BCUT2D eigenvalue weighted by molar-refractivity contribution is 0.0212. The largest absolute Gasteiger partial charge is 0.444 e. The third kappa shape index (κ3) is 7.23. The van der Waals surface area contributed by atoms with Crippen LogP contribution in [0.3, 0.4) is 0 Å². The first-order chi connectivity index (χ1) is 23.9. The highest BCUT2D eigenvalue weighted by atomic mass is 35.5. The number of carbonyl (C=O) groups excluding carboxylic acids is 2. The van der Waals surface area contributed by atoms with Crippen molar-refractivity contribution in [1.82, 2.24) is 29.7 Å². The number of amides is 2. The number of ether oxygens (including phenoxy) is 2. The van der Waals surface area contributed by atoms with E-state index in [1.807, 2.05) is 58.6 Å². The molecule has 0 unspecified atom stereocenters. The summed E-state index contributed by atoms with van der Waals surface area (Å²) in [7, 11) is -1.68. The van der Waals surface area contributed by atoms with E-state index in [-0.39, 0.29) is 24.3 Å². The molecule has 2 aliphatic heterocycles. The predicted molar refractivity (Wildman–Crippen MR) is 205 cm³/mol. The van der Waals surface area contributed by atoms with Crippen molar-refractivity contribution in [2.75, 3.05) is 12.7 Å². The van der Waals surface area contributed by atoms with Gasteiger partial charge in [-0.05, 0) is 83.0 Å². The van der Waals surface area contributed by atoms with Gasteiger partial charge in [0.1, 0.15) is 33.7 Å². The fraction of sp³-hybridized carbons (Fsp3) is 0.436. The van der Waals surface area contributed by atoms with Crippen LogP contribution >= 0.6 is 11.6 Å². The lowest BCUT2D eigenvalue weighted by Gasteiger charge is -2.30. The number of hydrogen-bond acceptors (Lipinski definition) is 6. The number of likely N-dealkylation sites (tertiary alicyclic amines) is 1. The number of halogens is 1. The van der Waals surface area contributed by atoms with Crippen LogP contribution in [0, 0.1) is 0 Å². The molecule has 2 aliphatic rings. The second-order valence-electron chi connectivity index (χ2n) is 16.7. The topological polar surface area (TPSA) is 116 Å². The van der Waals surface area contributed by atoms with Crippen molar-refractivity contribution in [2.45, 2.75) is 96.8 Å². The molecule has 2 amide bonds. The van der Waals surface area contributed by atoms with Crippen LogP contribution < -0.4 is 0 Å². The zero-order chi connectivity index (χ0) is 36.5. The van der Waals surface area contributed by atoms with Gasteiger partial charge in [-0.2, -0.15) is 13.1 Å². The van der Waals surface area contributed by atoms with E-state index in [4.69, 9.17) is 31.0 Å². The van der Waals surface area contributed by atoms with Gasteiger partial charge in [-0.25, -0.2) is 19.6 Å². The lowest BCUT2D eigenvalue weighted by Crippen LogP contribution is -2.39. The Bertz CT molecular complexity index is 2130. The summed E-state index contributed by atoms with van der Waals surface area (Å²) in [6.07, 6.45) is 1.84. The van der Waals surface area contributed by atoms with Crippen molar-refractivity contribution in [3.05, 3.63) is 71.4 Å². The Morgan fingerprint density at radius 1 is 0.804 bits per heavy atom. The number of aromatic nitrogens is 4. The molecule has 0 aliphatic carbocycles. The minimum Gasteiger partial charge on any atom is -0.444 e. The van der Waals surface area contributed by atoms with E-state index in [9.17, 15) is 9.59 Å². The molecular weight excluding hydrogens is 680 g/mol. The third-order valence-electron chi connectivity index (χ3n) is 9.52. The fourth-order valence-corrected chi connectivity index (χ4v) is 10.4. The molecule has 10 nitrogen and oxygen atoms in total. The van der Waals surface area contributed by atoms with Gasteiger partial charge in [-0.1, -0.05) is 60.2 Å². The third-order valence-corrected chi connectivity index (χ3v) is 12.5. The molecular formula is C39H47ClN6O4Si-. The molecule has 2 fully saturated rings. The van der Waals surface area contributed by atoms with E-state index in [2.05, 4.69) is 65.5 Å². The van der Waals surface area contributed by atoms with Gasteiger partial charge >= 0.3 is 12.2 Å². The minimum absolute atomic E-state index is 0.144. The SMILES string of the molecule is CC(C)(C)OC(=O)N1C[Si-](C)(C)C[C@H]1c1nc(-c2ccc(-c3ccc4c(ccc5[nH]c([C@@H]6CCCN6C(=O)OC(C)(C)C)nc54)c3)cc2)c(Cl)[nH]1. The standard InChI is InChI=1S/C39H47ClN6O4Si/c1-38(2,3)49-36(47)45-19-9-10-29(45)34-41-28-18-16-26-20-25(15-17-27(26)32(28)43-34)23-11-13-24(14-12-23)31-33(40)44-35(42-31)30-21-51(7,8)22-46(30)37(48)50-39(4,5)6/h11-18,20,29-30H,9-10,19,21-22H2,1-8H3,(H,41,43)(H,42,44)/q-1/t29-,30-/m0/s1. The monoisotopic (exact) mass is 726 g/mol. The molecule has 2 N–H and O–H groups in total. The van der Waals surface area contributed by atoms with Gasteiger partial charge in [0.15, 0.2) is 0 Å². The smallest absolute Gasteiger partial charge is 0.410 e. The first-order valence-electron chi connectivity index (χ1n) is 17.7. The van der Waals surface area contributed by atoms with Crippen LogP contribution in [-0.2, 0) is 9.47 Å². The molecule has 0 saturated carbocycles. The Morgan fingerprint density at radius 3 is 2.12 bits per heavy atom. The maximum atomic E-state index is 13.2. The van der Waals surface area contributed by atoms with Crippen molar-refractivity contribution >= 4 is 53.7 Å². The molecule has 0 bridgehead atoms. The summed E-state index contributed by atoms with van der Waals surface area (Å²) in [5, 5.41) is 2.58. The molecule has 4 heterocycles. The maximum absolute atomic E-state index is 13.2. The number of rotatable bonds is 4. The van der Waals surface area contributed by atoms with Gasteiger partial charge in [-0.15, -0.1) is 14.1 Å². The Kier molecular flexibility index (Phi) is 8.73. The first-order valence-corrected chi connectivity index (χ1v) is 21.5. The molecule has 51 heavy (non-hydrogen) atoms. The van der Waals surface area contributed by atoms with Gasteiger partial charge in [0.2, 0.25) is 0 Å². The van der Waals surface area contributed by atoms with E-state index in [0.717, 1.165) is 63.2 Å². The van der Waals surface area contributed by atoms with E-state index >= 15 is 0 Å². The van der Waals surface area contributed by atoms with E-state index < -0.39 is 19.3 Å². The van der Waals surface area contributed by atoms with Crippen molar-refractivity contribution in [1.29, 1.82) is 0 Å². The number of nitrogens with zero attached hydrogens (tertiary/aromatic N) is 4. The summed E-state index contributed by atoms with van der Waals surface area (Å²) in [5.74, 6) is 1.48. The van der Waals surface area contributed by atoms with Crippen LogP contribution in [0.4, 0.5) is 9.59 Å². The highest BCUT2D eigenvalue weighted by Crippen LogP contribution is 2.40. The number of benzene rings is 3. The molecule has 0 spiro atoms. The van der Waals surface area contributed by atoms with Crippen LogP contribution in [-0.4, -0.2) is 73.9 Å². The number of H-pyrrole nitrogens is 2. The van der Waals surface area contributed by atoms with Gasteiger partial charge in [-0.3, -0.25) is 4.90 Å². The van der Waals surface area contributed by atoms with Crippen molar-refractivity contribution in [3.8, 4) is 22.4 Å². The van der Waals surface area contributed by atoms with Crippen LogP contribution in [0.25, 0.3) is 44.2 Å². The highest BCUT2D eigenvalue weighted by Gasteiger charge is 2.39. The predicted octanol–water partition coefficient (Wildman–Crippen LogP) is 10.0. The number of fused-ring (bicyclic) bond motifs is 3. The summed E-state index contributed by atoms with van der Waals surface area (Å²) in [5.41, 5.74) is 4.40. The fourth-order valence-electron chi connectivity index (χ4n) is 7.31. The number of hydrogen-bond donors (Lipinski definition) is 2. The van der Waals surface area contributed by atoms with Gasteiger partial charge in [0, 0.05) is 17.5 Å². The number of aromatic amines is 2. The zero-order valence-corrected chi connectivity index (χ0v) is 32.4. The van der Waals surface area contributed by atoms with Crippen LogP contribution in [0.2, 0.25) is 24.3 Å². The summed E-state index contributed by atoms with van der Waals surface area (Å²) in [6.45, 7) is 16.5. The zero-order valence-electron chi connectivity index (χ0n) is 30.7. The normalized spacial score (nSPS) is 19.3. The summed E-state index contributed by atoms with van der Waals surface area (Å²) in [4.78, 5) is 46.5. The number of imidazole rings is 2. The molecule has 269 valence electrons. The maximum Gasteiger partial charge on any atom is 0.410 e. The highest BCUT2D eigenvalue weighted by molar-refractivity contribution is 6.78. The van der Waals surface area contributed by atoms with Crippen molar-refractivity contribution < 1.29 is 19.1 Å². The van der Waals surface area contributed by atoms with E-state index in [1.165, 1.54) is 0 Å². The Balaban J connectivity index is 1.12. The van der Waals surface area contributed by atoms with Crippen LogP contribution in [0.1, 0.15) is 78.1 Å². The Labute approximate surface area is 304 Å². The van der Waals surface area contributed by atoms with Gasteiger partial charge in [0.25, 0.3) is 0 Å². The molecule has 2 saturated heterocycles. The molecule has 2 aromatic heterocycles. The summed E-state index contributed by atoms with van der Waals surface area (Å²) >= 11 is 6.75. The van der Waals surface area contributed by atoms with E-state index in [1.54, 1.807) is 4.90 Å². The molecule has 12 heteroatoms. The van der Waals surface area contributed by atoms with Crippen LogP contribution in [0.15, 0.2) is 54.6 Å².